The zero-order chi connectivity index (χ0) is 25.6. The Morgan fingerprint density at radius 2 is 1.86 bits per heavy atom. The molecule has 3 aromatic heterocycles. The Bertz CT molecular complexity index is 1520. The Balaban J connectivity index is 1.73. The Kier molecular flexibility index (Phi) is 5.75. The van der Waals surface area contributed by atoms with E-state index in [1.807, 2.05) is 29.7 Å². The van der Waals surface area contributed by atoms with Crippen molar-refractivity contribution in [2.24, 2.45) is 0 Å². The number of rotatable bonds is 6. The molecule has 184 valence electrons. The second-order valence-electron chi connectivity index (χ2n) is 8.55. The van der Waals surface area contributed by atoms with Crippen LogP contribution in [0.2, 0.25) is 0 Å². The van der Waals surface area contributed by atoms with Gasteiger partial charge < -0.3 is 28.3 Å². The second-order valence-corrected chi connectivity index (χ2v) is 8.55. The molecular weight excluding hydrogens is 462 g/mol. The molecule has 0 bridgehead atoms. The summed E-state index contributed by atoms with van der Waals surface area (Å²) < 4.78 is 18.1. The van der Waals surface area contributed by atoms with Gasteiger partial charge in [0.2, 0.25) is 0 Å². The highest BCUT2D eigenvalue weighted by Crippen LogP contribution is 2.43. The molecule has 1 N–H and O–H groups in total. The van der Waals surface area contributed by atoms with Crippen LogP contribution in [0.4, 0.5) is 0 Å². The summed E-state index contributed by atoms with van der Waals surface area (Å²) in [6.45, 7) is 3.76. The Hall–Kier alpha value is -4.53. The standard InChI is InChI=1S/C27H25N3O6/c1-15-7-5-11-29-16(2)22(28-26(15)29)24(31)21-23(17-9-10-19(34-3)20(13-17)35-4)30(27(33)25(21)32)14-18-8-6-12-36-18/h5-13,23,31H,14H2,1-4H3/b24-21+. The lowest BCUT2D eigenvalue weighted by Gasteiger charge is -2.25. The van der Waals surface area contributed by atoms with Gasteiger partial charge >= 0.3 is 0 Å². The molecular formula is C27H25N3O6. The van der Waals surface area contributed by atoms with Crippen LogP contribution in [0.25, 0.3) is 11.4 Å². The molecule has 5 rings (SSSR count). The lowest BCUT2D eigenvalue weighted by Crippen LogP contribution is -2.29. The van der Waals surface area contributed by atoms with E-state index in [2.05, 4.69) is 4.98 Å². The lowest BCUT2D eigenvalue weighted by atomic mass is 9.96. The topological polar surface area (TPSA) is 107 Å². The molecule has 9 heteroatoms. The summed E-state index contributed by atoms with van der Waals surface area (Å²) in [4.78, 5) is 32.6. The number of methoxy groups -OCH3 is 2. The molecule has 1 aliphatic rings. The van der Waals surface area contributed by atoms with Crippen molar-refractivity contribution < 1.29 is 28.6 Å². The van der Waals surface area contributed by atoms with Crippen LogP contribution in [-0.4, -0.2) is 45.3 Å². The number of carbonyl (C=O) groups excluding carboxylic acids is 2. The third-order valence-electron chi connectivity index (χ3n) is 6.48. The number of carbonyl (C=O) groups is 2. The smallest absolute Gasteiger partial charge is 0.296 e. The number of aromatic nitrogens is 2. The molecule has 9 nitrogen and oxygen atoms in total. The summed E-state index contributed by atoms with van der Waals surface area (Å²) in [6, 6.07) is 11.4. The summed E-state index contributed by atoms with van der Waals surface area (Å²) in [5, 5.41) is 11.5. The van der Waals surface area contributed by atoms with Crippen LogP contribution >= 0.6 is 0 Å². The number of Topliss-reactive ketones (excluding diaryl/α,β-unsaturated/α-hetero) is 1. The van der Waals surface area contributed by atoms with Crippen LogP contribution < -0.4 is 9.47 Å². The average Bonchev–Trinajstić information content (AvgIpc) is 3.58. The highest BCUT2D eigenvalue weighted by atomic mass is 16.5. The minimum Gasteiger partial charge on any atom is -0.505 e. The van der Waals surface area contributed by atoms with Crippen LogP contribution in [0.5, 0.6) is 11.5 Å². The number of fused-ring (bicyclic) bond motifs is 1. The van der Waals surface area contributed by atoms with Gasteiger partial charge in [-0.05, 0) is 55.3 Å². The SMILES string of the molecule is COc1ccc(C2/C(=C(\O)c3nc4c(C)cccn4c3C)C(=O)C(=O)N2Cc2ccco2)cc1OC. The Morgan fingerprint density at radius 3 is 2.53 bits per heavy atom. The number of ether oxygens (including phenoxy) is 2. The minimum atomic E-state index is -0.903. The van der Waals surface area contributed by atoms with Gasteiger partial charge in [-0.25, -0.2) is 4.98 Å². The highest BCUT2D eigenvalue weighted by Gasteiger charge is 2.47. The van der Waals surface area contributed by atoms with Crippen molar-refractivity contribution in [3.63, 3.8) is 0 Å². The van der Waals surface area contributed by atoms with Crippen molar-refractivity contribution in [1.82, 2.24) is 14.3 Å². The first kappa shape index (κ1) is 23.2. The number of likely N-dealkylation sites (tertiary alicyclic amines) is 1. The van der Waals surface area contributed by atoms with Gasteiger partial charge in [0.1, 0.15) is 17.1 Å². The van der Waals surface area contributed by atoms with Crippen molar-refractivity contribution in [1.29, 1.82) is 0 Å². The van der Waals surface area contributed by atoms with Gasteiger partial charge in [-0.1, -0.05) is 12.1 Å². The van der Waals surface area contributed by atoms with Gasteiger partial charge in [0.15, 0.2) is 17.3 Å². The number of nitrogens with zero attached hydrogens (tertiary/aromatic N) is 3. The van der Waals surface area contributed by atoms with E-state index in [0.29, 0.717) is 34.2 Å². The quantitative estimate of drug-likeness (QED) is 0.247. The largest absolute Gasteiger partial charge is 0.505 e. The fourth-order valence-electron chi connectivity index (χ4n) is 4.66. The molecule has 1 saturated heterocycles. The van der Waals surface area contributed by atoms with Crippen LogP contribution in [0.3, 0.4) is 0 Å². The first-order chi connectivity index (χ1) is 17.3. The molecule has 1 aromatic carbocycles. The Labute approximate surface area is 207 Å². The summed E-state index contributed by atoms with van der Waals surface area (Å²) >= 11 is 0. The van der Waals surface area contributed by atoms with E-state index in [0.717, 1.165) is 5.56 Å². The van der Waals surface area contributed by atoms with E-state index in [1.54, 1.807) is 37.3 Å². The number of imidazole rings is 1. The first-order valence-electron chi connectivity index (χ1n) is 11.3. The summed E-state index contributed by atoms with van der Waals surface area (Å²) in [5.74, 6) is -0.455. The number of ketones is 1. The van der Waals surface area contributed by atoms with Gasteiger partial charge in [0, 0.05) is 6.20 Å². The van der Waals surface area contributed by atoms with Gasteiger partial charge in [-0.15, -0.1) is 0 Å². The number of benzene rings is 1. The van der Waals surface area contributed by atoms with Gasteiger partial charge in [0.25, 0.3) is 11.7 Å². The lowest BCUT2D eigenvalue weighted by molar-refractivity contribution is -0.140. The number of hydrogen-bond acceptors (Lipinski definition) is 7. The third kappa shape index (κ3) is 3.60. The van der Waals surface area contributed by atoms with Crippen LogP contribution in [0, 0.1) is 13.8 Å². The molecule has 36 heavy (non-hydrogen) atoms. The van der Waals surface area contributed by atoms with E-state index in [4.69, 9.17) is 13.9 Å². The predicted molar refractivity (Wildman–Crippen MR) is 131 cm³/mol. The predicted octanol–water partition coefficient (Wildman–Crippen LogP) is 4.18. The zero-order valence-electron chi connectivity index (χ0n) is 20.3. The highest BCUT2D eigenvalue weighted by molar-refractivity contribution is 6.46. The van der Waals surface area contributed by atoms with E-state index in [-0.39, 0.29) is 23.6 Å². The molecule has 1 fully saturated rings. The molecule has 0 spiro atoms. The molecule has 0 radical (unpaired) electrons. The van der Waals surface area contributed by atoms with E-state index in [1.165, 1.54) is 25.4 Å². The molecule has 1 amide bonds. The summed E-state index contributed by atoms with van der Waals surface area (Å²) in [5.41, 5.74) is 2.97. The number of amides is 1. The first-order valence-corrected chi connectivity index (χ1v) is 11.3. The number of aliphatic hydroxyl groups is 1. The van der Waals surface area contributed by atoms with Crippen LogP contribution in [0.1, 0.15) is 34.3 Å². The van der Waals surface area contributed by atoms with Crippen molar-refractivity contribution in [3.05, 3.63) is 88.8 Å². The summed E-state index contributed by atoms with van der Waals surface area (Å²) in [6.07, 6.45) is 3.34. The number of aryl methyl sites for hydroxylation is 2. The zero-order valence-corrected chi connectivity index (χ0v) is 20.3. The fourth-order valence-corrected chi connectivity index (χ4v) is 4.66. The molecule has 4 aromatic rings. The second kappa shape index (κ2) is 8.92. The monoisotopic (exact) mass is 487 g/mol. The van der Waals surface area contributed by atoms with Gasteiger partial charge in [-0.3, -0.25) is 9.59 Å². The van der Waals surface area contributed by atoms with E-state index in [9.17, 15) is 14.7 Å². The number of furan rings is 1. The number of pyridine rings is 1. The van der Waals surface area contributed by atoms with Crippen LogP contribution in [0.15, 0.2) is 64.9 Å². The van der Waals surface area contributed by atoms with Crippen molar-refractivity contribution in [2.75, 3.05) is 14.2 Å². The number of aliphatic hydroxyl groups excluding tert-OH is 1. The van der Waals surface area contributed by atoms with Crippen LogP contribution in [-0.2, 0) is 16.1 Å². The maximum Gasteiger partial charge on any atom is 0.296 e. The maximum atomic E-state index is 13.4. The molecule has 1 aliphatic heterocycles. The Morgan fingerprint density at radius 1 is 1.08 bits per heavy atom. The van der Waals surface area contributed by atoms with Crippen molar-refractivity contribution in [3.8, 4) is 11.5 Å². The molecule has 0 saturated carbocycles. The average molecular weight is 488 g/mol. The maximum absolute atomic E-state index is 13.4. The van der Waals surface area contributed by atoms with Gasteiger partial charge in [-0.2, -0.15) is 0 Å². The molecule has 1 unspecified atom stereocenters. The van der Waals surface area contributed by atoms with E-state index >= 15 is 0 Å². The summed E-state index contributed by atoms with van der Waals surface area (Å²) in [7, 11) is 3.03. The minimum absolute atomic E-state index is 0.0383. The molecule has 0 aliphatic carbocycles. The molecule has 1 atom stereocenters. The fraction of sp³-hybridized carbons (Fsp3) is 0.222. The third-order valence-corrected chi connectivity index (χ3v) is 6.48. The normalized spacial score (nSPS) is 17.2. The number of hydrogen-bond donors (Lipinski definition) is 1. The molecule has 4 heterocycles. The van der Waals surface area contributed by atoms with Gasteiger partial charge in [0.05, 0.1) is 44.3 Å². The van der Waals surface area contributed by atoms with E-state index < -0.39 is 17.7 Å². The van der Waals surface area contributed by atoms with Crippen molar-refractivity contribution >= 4 is 23.1 Å². The van der Waals surface area contributed by atoms with Crippen molar-refractivity contribution in [2.45, 2.75) is 26.4 Å².